The predicted octanol–water partition coefficient (Wildman–Crippen LogP) is 6.28. The predicted molar refractivity (Wildman–Crippen MR) is 153 cm³/mol. The van der Waals surface area contributed by atoms with Gasteiger partial charge >= 0.3 is 22.4 Å². The number of esters is 1. The lowest BCUT2D eigenvalue weighted by Crippen LogP contribution is -2.39. The molecule has 4 aromatic rings. The number of hydrogen-bond acceptors (Lipinski definition) is 7. The number of anilines is 1. The van der Waals surface area contributed by atoms with Crippen molar-refractivity contribution in [2.24, 2.45) is 0 Å². The van der Waals surface area contributed by atoms with E-state index in [1.807, 2.05) is 6.92 Å². The summed E-state index contributed by atoms with van der Waals surface area (Å²) in [6.07, 6.45) is -4.45. The molecular formula is C30H30F3N3O6S. The summed E-state index contributed by atoms with van der Waals surface area (Å²) >= 11 is 0. The average molecular weight is 618 g/mol. The molecule has 0 amide bonds. The molecule has 1 N–H and O–H groups in total. The highest BCUT2D eigenvalue weighted by atomic mass is 32.2. The molecule has 4 rings (SSSR count). The van der Waals surface area contributed by atoms with E-state index < -0.39 is 34.5 Å². The summed E-state index contributed by atoms with van der Waals surface area (Å²) in [6, 6.07) is 17.9. The molecule has 0 spiro atoms. The molecule has 0 saturated carbocycles. The van der Waals surface area contributed by atoms with Crippen molar-refractivity contribution in [3.05, 3.63) is 101 Å². The maximum Gasteiger partial charge on any atom is 0.416 e. The Balaban J connectivity index is 1.47. The maximum absolute atomic E-state index is 13.3. The van der Waals surface area contributed by atoms with Crippen LogP contribution in [0.25, 0.3) is 11.5 Å². The first-order valence-corrected chi connectivity index (χ1v) is 14.6. The van der Waals surface area contributed by atoms with Crippen LogP contribution in [0.4, 0.5) is 18.9 Å². The molecule has 0 fully saturated rings. The monoisotopic (exact) mass is 617 g/mol. The first-order valence-electron chi connectivity index (χ1n) is 13.2. The highest BCUT2D eigenvalue weighted by Crippen LogP contribution is 2.31. The fraction of sp³-hybridized carbons (Fsp3) is 0.267. The van der Waals surface area contributed by atoms with Gasteiger partial charge in [-0.05, 0) is 74.9 Å². The zero-order chi connectivity index (χ0) is 31.2. The van der Waals surface area contributed by atoms with Crippen molar-refractivity contribution >= 4 is 21.9 Å². The summed E-state index contributed by atoms with van der Waals surface area (Å²) in [5.74, 6) is 0.282. The quantitative estimate of drug-likeness (QED) is 0.186. The van der Waals surface area contributed by atoms with E-state index in [1.165, 1.54) is 12.1 Å². The highest BCUT2D eigenvalue weighted by molar-refractivity contribution is 7.90. The minimum Gasteiger partial charge on any atom is -0.487 e. The fourth-order valence-corrected chi connectivity index (χ4v) is 5.15. The van der Waals surface area contributed by atoms with Crippen LogP contribution in [0.2, 0.25) is 0 Å². The van der Waals surface area contributed by atoms with Crippen LogP contribution in [0.3, 0.4) is 0 Å². The second-order valence-electron chi connectivity index (χ2n) is 9.58. The number of halogens is 3. The Hall–Kier alpha value is -4.36. The third-order valence-corrected chi connectivity index (χ3v) is 7.67. The Kier molecular flexibility index (Phi) is 9.77. The minimum atomic E-state index is -4.45. The van der Waals surface area contributed by atoms with Crippen molar-refractivity contribution in [3.8, 4) is 17.2 Å². The van der Waals surface area contributed by atoms with Crippen LogP contribution >= 0.6 is 0 Å². The van der Waals surface area contributed by atoms with E-state index in [1.54, 1.807) is 62.4 Å². The van der Waals surface area contributed by atoms with Gasteiger partial charge in [-0.15, -0.1) is 0 Å². The molecule has 0 saturated heterocycles. The zero-order valence-corrected chi connectivity index (χ0v) is 24.5. The van der Waals surface area contributed by atoms with Crippen molar-refractivity contribution in [3.63, 3.8) is 0 Å². The normalized spacial score (nSPS) is 11.9. The zero-order valence-electron chi connectivity index (χ0n) is 23.6. The van der Waals surface area contributed by atoms with Gasteiger partial charge in [0.15, 0.2) is 0 Å². The summed E-state index contributed by atoms with van der Waals surface area (Å²) in [5.41, 5.74) is 1.89. The number of nitrogens with one attached hydrogen (secondary N) is 1. The van der Waals surface area contributed by atoms with E-state index in [-0.39, 0.29) is 25.6 Å². The molecule has 13 heteroatoms. The first-order chi connectivity index (χ1) is 20.3. The molecule has 228 valence electrons. The Labute approximate surface area is 247 Å². The standard InChI is InChI=1S/C30H30F3N3O6S/c1-4-40-28(37)18-36(43(38,39)35-25-14-8-20(2)9-15-25)17-22-6-5-7-26(16-22)41-19-27-21(3)42-29(34-27)23-10-12-24(13-11-23)30(31,32)33/h5-16,35H,4,17-19H2,1-3H3. The van der Waals surface area contributed by atoms with Crippen molar-refractivity contribution in [1.82, 2.24) is 9.29 Å². The van der Waals surface area contributed by atoms with Gasteiger partial charge in [0.05, 0.1) is 12.2 Å². The molecular weight excluding hydrogens is 587 g/mol. The molecule has 1 aromatic heterocycles. The average Bonchev–Trinajstić information content (AvgIpc) is 3.33. The van der Waals surface area contributed by atoms with Crippen LogP contribution in [0.5, 0.6) is 5.75 Å². The van der Waals surface area contributed by atoms with E-state index in [0.717, 1.165) is 22.0 Å². The van der Waals surface area contributed by atoms with Crippen LogP contribution in [0, 0.1) is 13.8 Å². The molecule has 0 aliphatic carbocycles. The lowest BCUT2D eigenvalue weighted by Gasteiger charge is -2.22. The number of aryl methyl sites for hydroxylation is 2. The molecule has 0 aliphatic rings. The maximum atomic E-state index is 13.3. The van der Waals surface area contributed by atoms with Gasteiger partial charge in [-0.25, -0.2) is 4.98 Å². The van der Waals surface area contributed by atoms with Crippen LogP contribution in [0.1, 0.15) is 35.1 Å². The second-order valence-corrected chi connectivity index (χ2v) is 11.2. The Morgan fingerprint density at radius 1 is 1.02 bits per heavy atom. The molecule has 0 aliphatic heterocycles. The smallest absolute Gasteiger partial charge is 0.416 e. The van der Waals surface area contributed by atoms with Crippen LogP contribution < -0.4 is 9.46 Å². The van der Waals surface area contributed by atoms with Crippen LogP contribution in [-0.2, 0) is 39.1 Å². The number of ether oxygens (including phenoxy) is 2. The number of nitrogens with zero attached hydrogens (tertiary/aromatic N) is 2. The number of aromatic nitrogens is 1. The highest BCUT2D eigenvalue weighted by Gasteiger charge is 2.30. The summed E-state index contributed by atoms with van der Waals surface area (Å²) in [5, 5.41) is 0. The van der Waals surface area contributed by atoms with Crippen LogP contribution in [0.15, 0.2) is 77.2 Å². The van der Waals surface area contributed by atoms with Gasteiger partial charge in [-0.1, -0.05) is 29.8 Å². The number of rotatable bonds is 12. The Bertz CT molecular complexity index is 1650. The van der Waals surface area contributed by atoms with Crippen LogP contribution in [-0.4, -0.2) is 36.8 Å². The molecule has 3 aromatic carbocycles. The molecule has 0 atom stereocenters. The van der Waals surface area contributed by atoms with Gasteiger partial charge in [0, 0.05) is 17.8 Å². The Morgan fingerprint density at radius 3 is 2.37 bits per heavy atom. The number of benzene rings is 3. The third-order valence-electron chi connectivity index (χ3n) is 6.23. The lowest BCUT2D eigenvalue weighted by atomic mass is 10.1. The van der Waals surface area contributed by atoms with Crippen molar-refractivity contribution < 1.29 is 40.3 Å². The number of carbonyl (C=O) groups is 1. The van der Waals surface area contributed by atoms with Gasteiger partial charge in [0.25, 0.3) is 0 Å². The van der Waals surface area contributed by atoms with E-state index in [4.69, 9.17) is 13.9 Å². The van der Waals surface area contributed by atoms with Gasteiger partial charge in [0.1, 0.15) is 30.4 Å². The van der Waals surface area contributed by atoms with Gasteiger partial charge < -0.3 is 13.9 Å². The van der Waals surface area contributed by atoms with E-state index in [9.17, 15) is 26.4 Å². The van der Waals surface area contributed by atoms with Crippen molar-refractivity contribution in [2.45, 2.75) is 40.1 Å². The fourth-order valence-electron chi connectivity index (χ4n) is 3.99. The molecule has 43 heavy (non-hydrogen) atoms. The molecule has 1 heterocycles. The lowest BCUT2D eigenvalue weighted by molar-refractivity contribution is -0.143. The number of carbonyl (C=O) groups excluding carboxylic acids is 1. The van der Waals surface area contributed by atoms with E-state index in [2.05, 4.69) is 9.71 Å². The third kappa shape index (κ3) is 8.58. The number of oxazole rings is 1. The van der Waals surface area contributed by atoms with Gasteiger partial charge in [0.2, 0.25) is 5.89 Å². The van der Waals surface area contributed by atoms with Gasteiger partial charge in [-0.2, -0.15) is 25.9 Å². The molecule has 0 radical (unpaired) electrons. The largest absolute Gasteiger partial charge is 0.487 e. The summed E-state index contributed by atoms with van der Waals surface area (Å²) in [4.78, 5) is 16.6. The van der Waals surface area contributed by atoms with Crippen molar-refractivity contribution in [1.29, 1.82) is 0 Å². The van der Waals surface area contributed by atoms with E-state index in [0.29, 0.717) is 34.0 Å². The van der Waals surface area contributed by atoms with Crippen molar-refractivity contribution in [2.75, 3.05) is 17.9 Å². The van der Waals surface area contributed by atoms with Gasteiger partial charge in [-0.3, -0.25) is 9.52 Å². The van der Waals surface area contributed by atoms with E-state index >= 15 is 0 Å². The summed E-state index contributed by atoms with van der Waals surface area (Å²) in [6.45, 7) is 4.59. The first kappa shape index (κ1) is 31.6. The molecule has 0 unspecified atom stereocenters. The number of alkyl halides is 3. The molecule has 0 bridgehead atoms. The topological polar surface area (TPSA) is 111 Å². The summed E-state index contributed by atoms with van der Waals surface area (Å²) in [7, 11) is -4.15. The summed E-state index contributed by atoms with van der Waals surface area (Å²) < 4.78 is 85.1. The minimum absolute atomic E-state index is 0.0146. The second kappa shape index (κ2) is 13.3. The number of hydrogen-bond donors (Lipinski definition) is 1. The Morgan fingerprint density at radius 2 is 1.72 bits per heavy atom. The molecule has 9 nitrogen and oxygen atoms in total. The SMILES string of the molecule is CCOC(=O)CN(Cc1cccc(OCc2nc(-c3ccc(C(F)(F)F)cc3)oc2C)c1)S(=O)(=O)Nc1ccc(C)cc1.